The Morgan fingerprint density at radius 1 is 0.731 bits per heavy atom. The smallest absolute Gasteiger partial charge is 0.315 e. The van der Waals surface area contributed by atoms with Crippen LogP contribution >= 0.6 is 0 Å². The van der Waals surface area contributed by atoms with Crippen LogP contribution < -0.4 is 10.6 Å². The van der Waals surface area contributed by atoms with Crippen LogP contribution in [0.5, 0.6) is 0 Å². The summed E-state index contributed by atoms with van der Waals surface area (Å²) in [5.74, 6) is 0. The van der Waals surface area contributed by atoms with Crippen molar-refractivity contribution in [2.24, 2.45) is 0 Å². The predicted molar refractivity (Wildman–Crippen MR) is 103 cm³/mol. The van der Waals surface area contributed by atoms with Gasteiger partial charge in [0.2, 0.25) is 0 Å². The lowest BCUT2D eigenvalue weighted by Gasteiger charge is -2.13. The normalized spacial score (nSPS) is 10.5. The first kappa shape index (κ1) is 19.9. The molecule has 0 aliphatic carbocycles. The molecule has 0 heterocycles. The molecule has 0 aromatic heterocycles. The zero-order chi connectivity index (χ0) is 18.6. The Morgan fingerprint density at radius 3 is 1.50 bits per heavy atom. The predicted octanol–water partition coefficient (Wildman–Crippen LogP) is 3.76. The standard InChI is InChI=1S/C21H28N2O3/c1-3-25-15-19-11-7-5-9-17(19)13-22-21(24)23-14-18-10-6-8-12-20(18)16-26-4-2/h5-12H,3-4,13-16H2,1-2H3,(H2,22,23,24). The van der Waals surface area contributed by atoms with E-state index in [2.05, 4.69) is 10.6 Å². The lowest BCUT2D eigenvalue weighted by atomic mass is 10.1. The van der Waals surface area contributed by atoms with Crippen molar-refractivity contribution >= 4 is 6.03 Å². The average Bonchev–Trinajstić information content (AvgIpc) is 2.68. The zero-order valence-electron chi connectivity index (χ0n) is 15.6. The Morgan fingerprint density at radius 2 is 1.12 bits per heavy atom. The summed E-state index contributed by atoms with van der Waals surface area (Å²) in [6, 6.07) is 15.8. The van der Waals surface area contributed by atoms with Crippen LogP contribution in [0.2, 0.25) is 0 Å². The van der Waals surface area contributed by atoms with Gasteiger partial charge in [-0.15, -0.1) is 0 Å². The summed E-state index contributed by atoms with van der Waals surface area (Å²) < 4.78 is 11.0. The molecule has 0 spiro atoms. The van der Waals surface area contributed by atoms with Crippen LogP contribution in [-0.4, -0.2) is 19.2 Å². The van der Waals surface area contributed by atoms with E-state index in [0.717, 1.165) is 22.3 Å². The molecule has 0 radical (unpaired) electrons. The van der Waals surface area contributed by atoms with Gasteiger partial charge in [0.25, 0.3) is 0 Å². The molecule has 2 amide bonds. The first-order valence-corrected chi connectivity index (χ1v) is 9.05. The van der Waals surface area contributed by atoms with Crippen molar-refractivity contribution in [3.05, 3.63) is 70.8 Å². The van der Waals surface area contributed by atoms with Crippen LogP contribution in [0.4, 0.5) is 4.79 Å². The fourth-order valence-electron chi connectivity index (χ4n) is 2.58. The number of nitrogens with one attached hydrogen (secondary N) is 2. The van der Waals surface area contributed by atoms with E-state index in [9.17, 15) is 4.79 Å². The largest absolute Gasteiger partial charge is 0.377 e. The van der Waals surface area contributed by atoms with Crippen molar-refractivity contribution in [2.45, 2.75) is 40.2 Å². The molecule has 0 fully saturated rings. The molecule has 0 saturated carbocycles. The van der Waals surface area contributed by atoms with Crippen LogP contribution in [0.3, 0.4) is 0 Å². The number of carbonyl (C=O) groups excluding carboxylic acids is 1. The van der Waals surface area contributed by atoms with E-state index in [1.54, 1.807) is 0 Å². The van der Waals surface area contributed by atoms with Crippen molar-refractivity contribution in [3.63, 3.8) is 0 Å². The molecule has 0 bridgehead atoms. The van der Waals surface area contributed by atoms with E-state index in [1.165, 1.54) is 0 Å². The molecule has 0 unspecified atom stereocenters. The van der Waals surface area contributed by atoms with Crippen molar-refractivity contribution in [2.75, 3.05) is 13.2 Å². The van der Waals surface area contributed by atoms with E-state index < -0.39 is 0 Å². The molecule has 0 aliphatic heterocycles. The van der Waals surface area contributed by atoms with Crippen LogP contribution in [0.1, 0.15) is 36.1 Å². The Balaban J connectivity index is 1.85. The summed E-state index contributed by atoms with van der Waals surface area (Å²) in [7, 11) is 0. The number of carbonyl (C=O) groups is 1. The highest BCUT2D eigenvalue weighted by Crippen LogP contribution is 2.11. The minimum absolute atomic E-state index is 0.192. The number of ether oxygens (including phenoxy) is 2. The molecule has 0 atom stereocenters. The molecule has 2 rings (SSSR count). The number of benzene rings is 2. The van der Waals surface area contributed by atoms with Gasteiger partial charge in [-0.05, 0) is 36.1 Å². The first-order valence-electron chi connectivity index (χ1n) is 9.05. The maximum Gasteiger partial charge on any atom is 0.315 e. The molecule has 140 valence electrons. The van der Waals surface area contributed by atoms with Gasteiger partial charge in [-0.2, -0.15) is 0 Å². The van der Waals surface area contributed by atoms with Gasteiger partial charge < -0.3 is 20.1 Å². The van der Waals surface area contributed by atoms with Crippen LogP contribution in [0.25, 0.3) is 0 Å². The molecule has 5 heteroatoms. The van der Waals surface area contributed by atoms with Gasteiger partial charge in [0, 0.05) is 26.3 Å². The van der Waals surface area contributed by atoms with Crippen molar-refractivity contribution in [1.29, 1.82) is 0 Å². The number of urea groups is 1. The van der Waals surface area contributed by atoms with Gasteiger partial charge in [0.1, 0.15) is 0 Å². The highest BCUT2D eigenvalue weighted by molar-refractivity contribution is 5.73. The third kappa shape index (κ3) is 6.50. The summed E-state index contributed by atoms with van der Waals surface area (Å²) in [5, 5.41) is 5.82. The molecular weight excluding hydrogens is 328 g/mol. The monoisotopic (exact) mass is 356 g/mol. The van der Waals surface area contributed by atoms with Gasteiger partial charge >= 0.3 is 6.03 Å². The van der Waals surface area contributed by atoms with E-state index >= 15 is 0 Å². The minimum Gasteiger partial charge on any atom is -0.377 e. The number of hydrogen-bond acceptors (Lipinski definition) is 3. The maximum atomic E-state index is 12.2. The summed E-state index contributed by atoms with van der Waals surface area (Å²) in [4.78, 5) is 12.2. The summed E-state index contributed by atoms with van der Waals surface area (Å²) in [5.41, 5.74) is 4.31. The van der Waals surface area contributed by atoms with Gasteiger partial charge in [0.05, 0.1) is 13.2 Å². The zero-order valence-corrected chi connectivity index (χ0v) is 15.6. The molecule has 0 saturated heterocycles. The maximum absolute atomic E-state index is 12.2. The van der Waals surface area contributed by atoms with Crippen LogP contribution in [0, 0.1) is 0 Å². The molecule has 0 aliphatic rings. The number of rotatable bonds is 10. The summed E-state index contributed by atoms with van der Waals surface area (Å²) >= 11 is 0. The summed E-state index contributed by atoms with van der Waals surface area (Å²) in [6.07, 6.45) is 0. The van der Waals surface area contributed by atoms with E-state index in [1.807, 2.05) is 62.4 Å². The van der Waals surface area contributed by atoms with E-state index in [0.29, 0.717) is 39.5 Å². The minimum atomic E-state index is -0.192. The highest BCUT2D eigenvalue weighted by atomic mass is 16.5. The molecule has 2 aromatic rings. The lowest BCUT2D eigenvalue weighted by Crippen LogP contribution is -2.35. The van der Waals surface area contributed by atoms with Crippen LogP contribution in [0.15, 0.2) is 48.5 Å². The van der Waals surface area contributed by atoms with Crippen LogP contribution in [-0.2, 0) is 35.8 Å². The fraction of sp³-hybridized carbons (Fsp3) is 0.381. The average molecular weight is 356 g/mol. The number of amides is 2. The quantitative estimate of drug-likeness (QED) is 0.681. The Bertz CT molecular complexity index is 631. The third-order valence-corrected chi connectivity index (χ3v) is 4.04. The lowest BCUT2D eigenvalue weighted by molar-refractivity contribution is 0.133. The Kier molecular flexibility index (Phi) is 8.66. The van der Waals surface area contributed by atoms with Gasteiger partial charge in [0.15, 0.2) is 0 Å². The second-order valence-corrected chi connectivity index (χ2v) is 5.85. The molecule has 5 nitrogen and oxygen atoms in total. The number of hydrogen-bond donors (Lipinski definition) is 2. The molecule has 2 aromatic carbocycles. The van der Waals surface area contributed by atoms with Gasteiger partial charge in [-0.25, -0.2) is 4.79 Å². The third-order valence-electron chi connectivity index (χ3n) is 4.04. The van der Waals surface area contributed by atoms with E-state index in [-0.39, 0.29) is 6.03 Å². The second-order valence-electron chi connectivity index (χ2n) is 5.85. The summed E-state index contributed by atoms with van der Waals surface area (Å²) in [6.45, 7) is 7.33. The Hall–Kier alpha value is -2.37. The topological polar surface area (TPSA) is 59.6 Å². The fourth-order valence-corrected chi connectivity index (χ4v) is 2.58. The van der Waals surface area contributed by atoms with Crippen molar-refractivity contribution < 1.29 is 14.3 Å². The molecular formula is C21H28N2O3. The Labute approximate surface area is 155 Å². The molecule has 2 N–H and O–H groups in total. The van der Waals surface area contributed by atoms with Gasteiger partial charge in [-0.1, -0.05) is 48.5 Å². The highest BCUT2D eigenvalue weighted by Gasteiger charge is 2.07. The van der Waals surface area contributed by atoms with Gasteiger partial charge in [-0.3, -0.25) is 0 Å². The first-order chi connectivity index (χ1) is 12.7. The van der Waals surface area contributed by atoms with Crippen molar-refractivity contribution in [1.82, 2.24) is 10.6 Å². The van der Waals surface area contributed by atoms with E-state index in [4.69, 9.17) is 9.47 Å². The molecule has 26 heavy (non-hydrogen) atoms. The van der Waals surface area contributed by atoms with Crippen molar-refractivity contribution in [3.8, 4) is 0 Å². The second kappa shape index (κ2) is 11.3. The SMILES string of the molecule is CCOCc1ccccc1CNC(=O)NCc1ccccc1COCC.